The lowest BCUT2D eigenvalue weighted by Crippen LogP contribution is -2.54. The maximum atomic E-state index is 12.9. The Balaban J connectivity index is 1.59. The molecule has 0 aliphatic carbocycles. The summed E-state index contributed by atoms with van der Waals surface area (Å²) in [6.07, 6.45) is 7.64. The molecule has 0 radical (unpaired) electrons. The SMILES string of the molecule is CNCCC1CCN(C2CCCN(c3ccn(C)n3)C2=O)CC1. The van der Waals surface area contributed by atoms with Gasteiger partial charge < -0.3 is 5.32 Å². The summed E-state index contributed by atoms with van der Waals surface area (Å²) in [7, 11) is 3.91. The fourth-order valence-electron chi connectivity index (χ4n) is 3.87. The first-order chi connectivity index (χ1) is 11.2. The average Bonchev–Trinajstić information content (AvgIpc) is 3.00. The van der Waals surface area contributed by atoms with Gasteiger partial charge in [-0.15, -0.1) is 0 Å². The molecule has 6 heteroatoms. The summed E-state index contributed by atoms with van der Waals surface area (Å²) in [5.41, 5.74) is 0. The molecule has 128 valence electrons. The molecule has 1 aromatic heterocycles. The molecule has 0 spiro atoms. The molecular formula is C17H29N5O. The van der Waals surface area contributed by atoms with Crippen LogP contribution in [0.4, 0.5) is 5.82 Å². The van der Waals surface area contributed by atoms with E-state index in [0.29, 0.717) is 0 Å². The highest BCUT2D eigenvalue weighted by molar-refractivity contribution is 5.97. The van der Waals surface area contributed by atoms with Crippen molar-refractivity contribution in [2.45, 2.75) is 38.1 Å². The summed E-state index contributed by atoms with van der Waals surface area (Å²) in [4.78, 5) is 17.2. The molecule has 1 atom stereocenters. The molecule has 0 saturated carbocycles. The molecule has 2 aliphatic heterocycles. The molecule has 23 heavy (non-hydrogen) atoms. The van der Waals surface area contributed by atoms with Crippen LogP contribution in [-0.2, 0) is 11.8 Å². The van der Waals surface area contributed by atoms with Crippen LogP contribution in [0.2, 0.25) is 0 Å². The van der Waals surface area contributed by atoms with Crippen LogP contribution in [-0.4, -0.2) is 59.9 Å². The number of nitrogens with one attached hydrogen (secondary N) is 1. The van der Waals surface area contributed by atoms with Gasteiger partial charge in [0.05, 0.1) is 6.04 Å². The molecule has 2 saturated heterocycles. The van der Waals surface area contributed by atoms with E-state index in [0.717, 1.165) is 50.8 Å². The Morgan fingerprint density at radius 2 is 2.04 bits per heavy atom. The lowest BCUT2D eigenvalue weighted by Gasteiger charge is -2.41. The topological polar surface area (TPSA) is 53.4 Å². The molecule has 0 bridgehead atoms. The Morgan fingerprint density at radius 1 is 1.26 bits per heavy atom. The van der Waals surface area contributed by atoms with Gasteiger partial charge in [0.1, 0.15) is 0 Å². The summed E-state index contributed by atoms with van der Waals surface area (Å²) in [6.45, 7) is 4.01. The molecule has 1 N–H and O–H groups in total. The van der Waals surface area contributed by atoms with Crippen molar-refractivity contribution in [3.05, 3.63) is 12.3 Å². The van der Waals surface area contributed by atoms with E-state index in [9.17, 15) is 4.79 Å². The number of carbonyl (C=O) groups is 1. The number of likely N-dealkylation sites (tertiary alicyclic amines) is 1. The van der Waals surface area contributed by atoms with Crippen molar-refractivity contribution in [3.8, 4) is 0 Å². The summed E-state index contributed by atoms with van der Waals surface area (Å²) in [5.74, 6) is 1.85. The lowest BCUT2D eigenvalue weighted by molar-refractivity contribution is -0.126. The fourth-order valence-corrected chi connectivity index (χ4v) is 3.87. The molecule has 0 aromatic carbocycles. The second-order valence-electron chi connectivity index (χ2n) is 6.87. The van der Waals surface area contributed by atoms with Gasteiger partial charge >= 0.3 is 0 Å². The minimum Gasteiger partial charge on any atom is -0.320 e. The Bertz CT molecular complexity index is 521. The Kier molecular flexibility index (Phi) is 5.33. The van der Waals surface area contributed by atoms with Gasteiger partial charge in [-0.25, -0.2) is 0 Å². The van der Waals surface area contributed by atoms with Gasteiger partial charge in [-0.2, -0.15) is 5.10 Å². The second-order valence-corrected chi connectivity index (χ2v) is 6.87. The monoisotopic (exact) mass is 319 g/mol. The van der Waals surface area contributed by atoms with Crippen LogP contribution >= 0.6 is 0 Å². The standard InChI is InChI=1S/C17H29N5O/c1-18-9-5-14-6-12-21(13-7-14)15-4-3-10-22(17(15)23)16-8-11-20(2)19-16/h8,11,14-15,18H,3-7,9-10,12-13H2,1-2H3. The molecule has 1 aromatic rings. The number of hydrogen-bond acceptors (Lipinski definition) is 4. The van der Waals surface area contributed by atoms with Crippen molar-refractivity contribution < 1.29 is 4.79 Å². The van der Waals surface area contributed by atoms with Crippen molar-refractivity contribution in [1.82, 2.24) is 20.0 Å². The van der Waals surface area contributed by atoms with Crippen molar-refractivity contribution >= 4 is 11.7 Å². The van der Waals surface area contributed by atoms with Crippen LogP contribution in [0.3, 0.4) is 0 Å². The molecule has 6 nitrogen and oxygen atoms in total. The lowest BCUT2D eigenvalue weighted by atomic mass is 9.91. The minimum atomic E-state index is 0.0519. The number of aromatic nitrogens is 2. The third kappa shape index (κ3) is 3.75. The number of nitrogens with zero attached hydrogens (tertiary/aromatic N) is 4. The summed E-state index contributed by atoms with van der Waals surface area (Å²) in [5, 5.41) is 7.65. The number of anilines is 1. The number of carbonyl (C=O) groups excluding carboxylic acids is 1. The van der Waals surface area contributed by atoms with E-state index >= 15 is 0 Å². The van der Waals surface area contributed by atoms with Gasteiger partial charge in [0.15, 0.2) is 5.82 Å². The number of aryl methyl sites for hydroxylation is 1. The Labute approximate surface area is 138 Å². The van der Waals surface area contributed by atoms with Gasteiger partial charge in [-0.05, 0) is 64.7 Å². The Morgan fingerprint density at radius 3 is 2.70 bits per heavy atom. The van der Waals surface area contributed by atoms with E-state index in [-0.39, 0.29) is 11.9 Å². The van der Waals surface area contributed by atoms with Gasteiger partial charge in [-0.3, -0.25) is 19.3 Å². The summed E-state index contributed by atoms with van der Waals surface area (Å²) < 4.78 is 1.76. The summed E-state index contributed by atoms with van der Waals surface area (Å²) in [6, 6.07) is 1.99. The van der Waals surface area contributed by atoms with Crippen LogP contribution in [0.25, 0.3) is 0 Å². The highest BCUT2D eigenvalue weighted by atomic mass is 16.2. The van der Waals surface area contributed by atoms with Crippen molar-refractivity contribution in [3.63, 3.8) is 0 Å². The molecule has 2 aliphatic rings. The molecule has 2 fully saturated rings. The largest absolute Gasteiger partial charge is 0.320 e. The van der Waals surface area contributed by atoms with Crippen LogP contribution in [0.15, 0.2) is 12.3 Å². The third-order valence-electron chi connectivity index (χ3n) is 5.28. The molecule has 3 heterocycles. The van der Waals surface area contributed by atoms with E-state index in [1.807, 2.05) is 31.3 Å². The van der Waals surface area contributed by atoms with Gasteiger partial charge in [0.2, 0.25) is 5.91 Å². The van der Waals surface area contributed by atoms with Crippen LogP contribution < -0.4 is 10.2 Å². The average molecular weight is 319 g/mol. The first kappa shape index (κ1) is 16.5. The van der Waals surface area contributed by atoms with Crippen molar-refractivity contribution in [2.75, 3.05) is 38.1 Å². The summed E-state index contributed by atoms with van der Waals surface area (Å²) >= 11 is 0. The highest BCUT2D eigenvalue weighted by Gasteiger charge is 2.36. The first-order valence-electron chi connectivity index (χ1n) is 8.88. The zero-order valence-corrected chi connectivity index (χ0v) is 14.4. The van der Waals surface area contributed by atoms with Crippen LogP contribution in [0, 0.1) is 5.92 Å². The smallest absolute Gasteiger partial charge is 0.245 e. The predicted octanol–water partition coefficient (Wildman–Crippen LogP) is 1.24. The predicted molar refractivity (Wildman–Crippen MR) is 91.4 cm³/mol. The fraction of sp³-hybridized carbons (Fsp3) is 0.765. The molecule has 1 unspecified atom stereocenters. The van der Waals surface area contributed by atoms with E-state index < -0.39 is 0 Å². The van der Waals surface area contributed by atoms with E-state index in [1.54, 1.807) is 4.68 Å². The maximum Gasteiger partial charge on any atom is 0.245 e. The van der Waals surface area contributed by atoms with Gasteiger partial charge in [0, 0.05) is 25.9 Å². The zero-order valence-electron chi connectivity index (χ0n) is 14.4. The number of amides is 1. The number of hydrogen-bond donors (Lipinski definition) is 1. The van der Waals surface area contributed by atoms with Crippen molar-refractivity contribution in [1.29, 1.82) is 0 Å². The number of rotatable bonds is 5. The van der Waals surface area contributed by atoms with Gasteiger partial charge in [0.25, 0.3) is 0 Å². The highest BCUT2D eigenvalue weighted by Crippen LogP contribution is 2.27. The minimum absolute atomic E-state index is 0.0519. The third-order valence-corrected chi connectivity index (χ3v) is 5.28. The van der Waals surface area contributed by atoms with Crippen LogP contribution in [0.1, 0.15) is 32.1 Å². The zero-order chi connectivity index (χ0) is 16.2. The van der Waals surface area contributed by atoms with Crippen molar-refractivity contribution in [2.24, 2.45) is 13.0 Å². The Hall–Kier alpha value is -1.40. The number of piperidine rings is 2. The molecular weight excluding hydrogens is 290 g/mol. The van der Waals surface area contributed by atoms with E-state index in [4.69, 9.17) is 0 Å². The van der Waals surface area contributed by atoms with Gasteiger partial charge in [-0.1, -0.05) is 0 Å². The van der Waals surface area contributed by atoms with E-state index in [2.05, 4.69) is 15.3 Å². The first-order valence-corrected chi connectivity index (χ1v) is 8.88. The van der Waals surface area contributed by atoms with Crippen LogP contribution in [0.5, 0.6) is 0 Å². The molecule has 3 rings (SSSR count). The maximum absolute atomic E-state index is 12.9. The van der Waals surface area contributed by atoms with E-state index in [1.165, 1.54) is 19.3 Å². The quantitative estimate of drug-likeness (QED) is 0.887. The second kappa shape index (κ2) is 7.45. The molecule has 1 amide bonds. The normalized spacial score (nSPS) is 24.3.